The van der Waals surface area contributed by atoms with Gasteiger partial charge in [0.2, 0.25) is 0 Å². The van der Waals surface area contributed by atoms with E-state index in [1.165, 1.54) is 6.07 Å². The maximum absolute atomic E-state index is 13.4. The molecule has 1 N–H and O–H groups in total. The van der Waals surface area contributed by atoms with Crippen molar-refractivity contribution in [1.82, 2.24) is 19.6 Å². The van der Waals surface area contributed by atoms with Gasteiger partial charge < -0.3 is 15.1 Å². The van der Waals surface area contributed by atoms with Gasteiger partial charge in [-0.05, 0) is 25.0 Å². The molecule has 9 heteroatoms. The first-order chi connectivity index (χ1) is 13.4. The Hall–Kier alpha value is -2.97. The maximum Gasteiger partial charge on any atom is 0.322 e. The van der Waals surface area contributed by atoms with Crippen molar-refractivity contribution in [2.24, 2.45) is 0 Å². The van der Waals surface area contributed by atoms with E-state index in [0.717, 1.165) is 36.2 Å². The number of anilines is 1. The zero-order valence-electron chi connectivity index (χ0n) is 15.3. The number of nitrogens with one attached hydrogen (secondary N) is 1. The average molecular weight is 387 g/mol. The van der Waals surface area contributed by atoms with Crippen molar-refractivity contribution in [2.75, 3.05) is 18.9 Å². The lowest BCUT2D eigenvalue weighted by Crippen LogP contribution is -2.48. The number of hydrogen-bond acceptors (Lipinski definition) is 3. The van der Waals surface area contributed by atoms with Crippen molar-refractivity contribution in [3.05, 3.63) is 46.8 Å². The summed E-state index contributed by atoms with van der Waals surface area (Å²) in [7, 11) is 1.83. The Morgan fingerprint density at radius 1 is 1.25 bits per heavy atom. The van der Waals surface area contributed by atoms with E-state index >= 15 is 0 Å². The number of fused-ring (bicyclic) bond motifs is 3. The summed E-state index contributed by atoms with van der Waals surface area (Å²) in [5.41, 5.74) is 2.27. The van der Waals surface area contributed by atoms with E-state index in [9.17, 15) is 18.4 Å². The first-order valence-corrected chi connectivity index (χ1v) is 9.26. The smallest absolute Gasteiger partial charge is 0.322 e. The van der Waals surface area contributed by atoms with Crippen molar-refractivity contribution in [3.63, 3.8) is 0 Å². The lowest BCUT2D eigenvalue weighted by molar-refractivity contribution is 0.0609. The topological polar surface area (TPSA) is 70.5 Å². The minimum absolute atomic E-state index is 0.0552. The van der Waals surface area contributed by atoms with Gasteiger partial charge in [0, 0.05) is 37.3 Å². The third kappa shape index (κ3) is 2.49. The molecule has 1 aliphatic carbocycles. The molecule has 3 aliphatic rings. The van der Waals surface area contributed by atoms with Crippen molar-refractivity contribution in [3.8, 4) is 0 Å². The van der Waals surface area contributed by atoms with E-state index in [0.29, 0.717) is 25.2 Å². The zero-order valence-corrected chi connectivity index (χ0v) is 15.3. The van der Waals surface area contributed by atoms with Gasteiger partial charge in [-0.1, -0.05) is 0 Å². The van der Waals surface area contributed by atoms with Gasteiger partial charge >= 0.3 is 6.03 Å². The minimum atomic E-state index is -1.02. The normalized spacial score (nSPS) is 19.5. The van der Waals surface area contributed by atoms with E-state index in [-0.39, 0.29) is 23.7 Å². The number of halogens is 2. The highest BCUT2D eigenvalue weighted by Gasteiger charge is 2.53. The molecule has 1 aromatic carbocycles. The largest absolute Gasteiger partial charge is 0.333 e. The van der Waals surface area contributed by atoms with Crippen LogP contribution in [0.4, 0.5) is 19.3 Å². The standard InChI is InChI=1S/C19H19F2N5O2/c1-24-17(27)16-12-9-25(18(28)22-11-2-3-13(20)14(21)8-11)7-4-15(12)23-26(16)10-19(24)5-6-19/h2-3,8H,4-7,9-10H2,1H3,(H,22,28). The maximum atomic E-state index is 13.4. The number of urea groups is 1. The van der Waals surface area contributed by atoms with Gasteiger partial charge in [0.05, 0.1) is 24.3 Å². The molecule has 1 saturated carbocycles. The summed E-state index contributed by atoms with van der Waals surface area (Å²) in [6.45, 7) is 1.39. The number of nitrogens with zero attached hydrogens (tertiary/aromatic N) is 4. The number of likely N-dealkylation sites (N-methyl/N-ethyl adjacent to an activating group) is 1. The fourth-order valence-corrected chi connectivity index (χ4v) is 4.13. The van der Waals surface area contributed by atoms with Crippen LogP contribution in [0.25, 0.3) is 0 Å². The summed E-state index contributed by atoms with van der Waals surface area (Å²) in [4.78, 5) is 28.9. The second kappa shape index (κ2) is 5.76. The molecule has 0 radical (unpaired) electrons. The molecule has 1 spiro atoms. The molecule has 146 valence electrons. The lowest BCUT2D eigenvalue weighted by Gasteiger charge is -2.34. The van der Waals surface area contributed by atoms with Crippen LogP contribution >= 0.6 is 0 Å². The second-order valence-electron chi connectivity index (χ2n) is 7.75. The molecule has 3 heterocycles. The summed E-state index contributed by atoms with van der Waals surface area (Å²) >= 11 is 0. The lowest BCUT2D eigenvalue weighted by atomic mass is 10.0. The molecule has 5 rings (SSSR count). The highest BCUT2D eigenvalue weighted by Crippen LogP contribution is 2.46. The summed E-state index contributed by atoms with van der Waals surface area (Å²) in [5, 5.41) is 7.21. The van der Waals surface area contributed by atoms with E-state index in [4.69, 9.17) is 0 Å². The SMILES string of the molecule is CN1C(=O)c2c3c(nn2CC12CC2)CCN(C(=O)Nc1ccc(F)c(F)c1)C3. The van der Waals surface area contributed by atoms with Crippen molar-refractivity contribution < 1.29 is 18.4 Å². The van der Waals surface area contributed by atoms with Gasteiger partial charge in [-0.2, -0.15) is 5.10 Å². The number of rotatable bonds is 1. The monoisotopic (exact) mass is 387 g/mol. The van der Waals surface area contributed by atoms with Crippen LogP contribution in [0.5, 0.6) is 0 Å². The van der Waals surface area contributed by atoms with Crippen LogP contribution in [0.2, 0.25) is 0 Å². The fraction of sp³-hybridized carbons (Fsp3) is 0.421. The number of hydrogen-bond donors (Lipinski definition) is 1. The van der Waals surface area contributed by atoms with E-state index in [1.807, 2.05) is 11.9 Å². The molecular weight excluding hydrogens is 368 g/mol. The van der Waals surface area contributed by atoms with E-state index < -0.39 is 17.7 Å². The van der Waals surface area contributed by atoms with Crippen LogP contribution in [-0.4, -0.2) is 50.6 Å². The van der Waals surface area contributed by atoms with Gasteiger partial charge in [0.15, 0.2) is 11.6 Å². The number of benzene rings is 1. The minimum Gasteiger partial charge on any atom is -0.333 e. The van der Waals surface area contributed by atoms with E-state index in [1.54, 1.807) is 9.58 Å². The van der Waals surface area contributed by atoms with E-state index in [2.05, 4.69) is 10.4 Å². The second-order valence-corrected chi connectivity index (χ2v) is 7.75. The Bertz CT molecular complexity index is 1010. The van der Waals surface area contributed by atoms with Crippen LogP contribution in [-0.2, 0) is 19.5 Å². The molecule has 0 saturated heterocycles. The van der Waals surface area contributed by atoms with Crippen molar-refractivity contribution >= 4 is 17.6 Å². The third-order valence-corrected chi connectivity index (χ3v) is 6.05. The number of carbonyl (C=O) groups is 2. The highest BCUT2D eigenvalue weighted by molar-refractivity contribution is 5.96. The average Bonchev–Trinajstić information content (AvgIpc) is 3.35. The first kappa shape index (κ1) is 17.2. The van der Waals surface area contributed by atoms with Gasteiger partial charge in [-0.25, -0.2) is 13.6 Å². The van der Waals surface area contributed by atoms with Crippen molar-refractivity contribution in [2.45, 2.75) is 37.9 Å². The molecule has 0 atom stereocenters. The Labute approximate surface area is 159 Å². The third-order valence-electron chi connectivity index (χ3n) is 6.05. The Kier molecular flexibility index (Phi) is 3.53. The summed E-state index contributed by atoms with van der Waals surface area (Å²) in [6.07, 6.45) is 2.52. The quantitative estimate of drug-likeness (QED) is 0.817. The molecule has 2 aliphatic heterocycles. The zero-order chi connectivity index (χ0) is 19.6. The molecule has 1 aromatic heterocycles. The van der Waals surface area contributed by atoms with Crippen LogP contribution in [0, 0.1) is 11.6 Å². The summed E-state index contributed by atoms with van der Waals surface area (Å²) < 4.78 is 28.2. The number of amides is 3. The predicted molar refractivity (Wildman–Crippen MR) is 95.8 cm³/mol. The fourth-order valence-electron chi connectivity index (χ4n) is 4.13. The molecule has 7 nitrogen and oxygen atoms in total. The van der Waals surface area contributed by atoms with Crippen LogP contribution in [0.15, 0.2) is 18.2 Å². The number of aromatic nitrogens is 2. The predicted octanol–water partition coefficient (Wildman–Crippen LogP) is 2.37. The molecule has 28 heavy (non-hydrogen) atoms. The van der Waals surface area contributed by atoms with Crippen LogP contribution < -0.4 is 5.32 Å². The highest BCUT2D eigenvalue weighted by atomic mass is 19.2. The number of carbonyl (C=O) groups excluding carboxylic acids is 2. The Morgan fingerprint density at radius 2 is 2.04 bits per heavy atom. The van der Waals surface area contributed by atoms with Crippen molar-refractivity contribution in [1.29, 1.82) is 0 Å². The van der Waals surface area contributed by atoms with Crippen LogP contribution in [0.3, 0.4) is 0 Å². The molecule has 1 fully saturated rings. The Balaban J connectivity index is 1.38. The van der Waals surface area contributed by atoms with Gasteiger partial charge in [0.1, 0.15) is 5.69 Å². The summed E-state index contributed by atoms with van der Waals surface area (Å²) in [5.74, 6) is -2.05. The Morgan fingerprint density at radius 3 is 2.75 bits per heavy atom. The molecule has 0 bridgehead atoms. The molecule has 2 aromatic rings. The first-order valence-electron chi connectivity index (χ1n) is 9.26. The molecule has 0 unspecified atom stereocenters. The van der Waals surface area contributed by atoms with Gasteiger partial charge in [0.25, 0.3) is 5.91 Å². The summed E-state index contributed by atoms with van der Waals surface area (Å²) in [6, 6.07) is 2.79. The van der Waals surface area contributed by atoms with Gasteiger partial charge in [-0.3, -0.25) is 9.48 Å². The molecular formula is C19H19F2N5O2. The van der Waals surface area contributed by atoms with Crippen LogP contribution in [0.1, 0.15) is 34.6 Å². The van der Waals surface area contributed by atoms with Gasteiger partial charge in [-0.15, -0.1) is 0 Å². The molecule has 3 amide bonds.